The molecule has 0 fully saturated rings. The first-order chi connectivity index (χ1) is 11.6. The molecule has 0 unspecified atom stereocenters. The van der Waals surface area contributed by atoms with E-state index in [4.69, 9.17) is 18.9 Å². The summed E-state index contributed by atoms with van der Waals surface area (Å²) in [6, 6.07) is 12.3. The van der Waals surface area contributed by atoms with E-state index in [1.165, 1.54) is 7.11 Å². The maximum Gasteiger partial charge on any atom is 0.265 e. The van der Waals surface area contributed by atoms with E-state index in [1.807, 2.05) is 12.1 Å². The van der Waals surface area contributed by atoms with E-state index < -0.39 is 6.10 Å². The quantitative estimate of drug-likeness (QED) is 0.844. The highest BCUT2D eigenvalue weighted by Crippen LogP contribution is 2.30. The van der Waals surface area contributed by atoms with Gasteiger partial charge in [0.2, 0.25) is 0 Å². The van der Waals surface area contributed by atoms with Crippen LogP contribution >= 0.6 is 0 Å². The second kappa shape index (κ2) is 8.10. The number of nitrogens with one attached hydrogen (secondary N) is 1. The van der Waals surface area contributed by atoms with Crippen LogP contribution < -0.4 is 24.3 Å². The van der Waals surface area contributed by atoms with Crippen molar-refractivity contribution in [3.05, 3.63) is 42.5 Å². The number of hydrogen-bond acceptors (Lipinski definition) is 5. The summed E-state index contributed by atoms with van der Waals surface area (Å²) in [5.74, 6) is 1.92. The molecule has 1 N–H and O–H groups in total. The van der Waals surface area contributed by atoms with Crippen molar-refractivity contribution in [1.29, 1.82) is 0 Å². The number of benzene rings is 2. The average Bonchev–Trinajstić information content (AvgIpc) is 2.62. The van der Waals surface area contributed by atoms with E-state index in [-0.39, 0.29) is 5.91 Å². The van der Waals surface area contributed by atoms with Crippen molar-refractivity contribution < 1.29 is 23.7 Å². The molecular formula is C18H21NO5. The number of carbonyl (C=O) groups excluding carboxylic acids is 1. The first kappa shape index (κ1) is 17.5. The van der Waals surface area contributed by atoms with Crippen LogP contribution in [0.2, 0.25) is 0 Å². The first-order valence-corrected chi connectivity index (χ1v) is 7.41. The third-order valence-electron chi connectivity index (χ3n) is 3.41. The van der Waals surface area contributed by atoms with E-state index in [2.05, 4.69) is 5.32 Å². The zero-order chi connectivity index (χ0) is 17.5. The van der Waals surface area contributed by atoms with Crippen LogP contribution in [0.25, 0.3) is 0 Å². The molecule has 0 aliphatic carbocycles. The molecule has 2 rings (SSSR count). The third kappa shape index (κ3) is 4.10. The third-order valence-corrected chi connectivity index (χ3v) is 3.41. The van der Waals surface area contributed by atoms with Crippen molar-refractivity contribution in [2.24, 2.45) is 0 Å². The van der Waals surface area contributed by atoms with Crippen LogP contribution in [0.5, 0.6) is 23.0 Å². The molecule has 0 aliphatic rings. The van der Waals surface area contributed by atoms with Crippen molar-refractivity contribution in [2.45, 2.75) is 13.0 Å². The minimum absolute atomic E-state index is 0.302. The molecule has 24 heavy (non-hydrogen) atoms. The highest BCUT2D eigenvalue weighted by molar-refractivity contribution is 5.95. The molecule has 0 spiro atoms. The molecule has 0 bridgehead atoms. The highest BCUT2D eigenvalue weighted by Gasteiger charge is 2.18. The van der Waals surface area contributed by atoms with Gasteiger partial charge in [0.05, 0.1) is 27.0 Å². The Morgan fingerprint density at radius 3 is 2.21 bits per heavy atom. The van der Waals surface area contributed by atoms with Crippen molar-refractivity contribution >= 4 is 11.6 Å². The zero-order valence-corrected chi connectivity index (χ0v) is 14.2. The lowest BCUT2D eigenvalue weighted by Gasteiger charge is -2.17. The molecule has 2 aromatic carbocycles. The molecule has 1 amide bonds. The van der Waals surface area contributed by atoms with Crippen LogP contribution in [0.15, 0.2) is 42.5 Å². The Balaban J connectivity index is 2.09. The van der Waals surface area contributed by atoms with Gasteiger partial charge < -0.3 is 24.3 Å². The Morgan fingerprint density at radius 1 is 0.917 bits per heavy atom. The average molecular weight is 331 g/mol. The van der Waals surface area contributed by atoms with Crippen molar-refractivity contribution in [1.82, 2.24) is 0 Å². The van der Waals surface area contributed by atoms with Gasteiger partial charge in [0, 0.05) is 6.07 Å². The van der Waals surface area contributed by atoms with Gasteiger partial charge in [0.15, 0.2) is 17.6 Å². The van der Waals surface area contributed by atoms with E-state index in [0.717, 1.165) is 0 Å². The number of methoxy groups -OCH3 is 3. The molecule has 128 valence electrons. The van der Waals surface area contributed by atoms with Gasteiger partial charge in [-0.15, -0.1) is 0 Å². The Morgan fingerprint density at radius 2 is 1.58 bits per heavy atom. The van der Waals surface area contributed by atoms with Gasteiger partial charge in [-0.05, 0) is 31.2 Å². The Hall–Kier alpha value is -2.89. The summed E-state index contributed by atoms with van der Waals surface area (Å²) < 4.78 is 21.3. The summed E-state index contributed by atoms with van der Waals surface area (Å²) in [6.07, 6.45) is -0.715. The molecule has 6 nitrogen and oxygen atoms in total. The highest BCUT2D eigenvalue weighted by atomic mass is 16.5. The first-order valence-electron chi connectivity index (χ1n) is 7.41. The number of amides is 1. The summed E-state index contributed by atoms with van der Waals surface area (Å²) in [5, 5.41) is 2.78. The van der Waals surface area contributed by atoms with E-state index in [0.29, 0.717) is 28.7 Å². The molecule has 0 heterocycles. The minimum Gasteiger partial charge on any atom is -0.497 e. The van der Waals surface area contributed by atoms with Gasteiger partial charge in [-0.1, -0.05) is 12.1 Å². The van der Waals surface area contributed by atoms with Crippen molar-refractivity contribution in [3.63, 3.8) is 0 Å². The number of para-hydroxylation sites is 2. The lowest BCUT2D eigenvalue weighted by Crippen LogP contribution is -2.30. The Kier molecular flexibility index (Phi) is 5.89. The molecular weight excluding hydrogens is 310 g/mol. The maximum absolute atomic E-state index is 12.4. The smallest absolute Gasteiger partial charge is 0.265 e. The number of carbonyl (C=O) groups is 1. The van der Waals surface area contributed by atoms with E-state index in [9.17, 15) is 4.79 Å². The molecule has 6 heteroatoms. The number of hydrogen-bond donors (Lipinski definition) is 1. The molecule has 2 aromatic rings. The van der Waals surface area contributed by atoms with Crippen LogP contribution in [0, 0.1) is 0 Å². The summed E-state index contributed by atoms with van der Waals surface area (Å²) in [4.78, 5) is 12.4. The van der Waals surface area contributed by atoms with Gasteiger partial charge >= 0.3 is 0 Å². The lowest BCUT2D eigenvalue weighted by molar-refractivity contribution is -0.122. The Bertz CT molecular complexity index is 702. The predicted octanol–water partition coefficient (Wildman–Crippen LogP) is 3.12. The van der Waals surface area contributed by atoms with E-state index >= 15 is 0 Å². The van der Waals surface area contributed by atoms with Crippen molar-refractivity contribution in [2.75, 3.05) is 26.6 Å². The number of rotatable bonds is 7. The summed E-state index contributed by atoms with van der Waals surface area (Å²) in [7, 11) is 4.64. The number of anilines is 1. The molecule has 0 radical (unpaired) electrons. The fraction of sp³-hybridized carbons (Fsp3) is 0.278. The topological polar surface area (TPSA) is 66.0 Å². The minimum atomic E-state index is -0.715. The molecule has 0 saturated carbocycles. The van der Waals surface area contributed by atoms with Crippen molar-refractivity contribution in [3.8, 4) is 23.0 Å². The summed E-state index contributed by atoms with van der Waals surface area (Å²) >= 11 is 0. The monoisotopic (exact) mass is 331 g/mol. The standard InChI is InChI=1S/C18H21NO5/c1-12(24-16-8-6-5-7-15(16)22-3)18(20)19-14-10-9-13(21-2)11-17(14)23-4/h5-12H,1-4H3,(H,19,20)/t12-/m1/s1. The fourth-order valence-electron chi connectivity index (χ4n) is 2.10. The summed E-state index contributed by atoms with van der Waals surface area (Å²) in [6.45, 7) is 1.66. The normalized spacial score (nSPS) is 11.3. The Labute approximate surface area is 141 Å². The number of ether oxygens (including phenoxy) is 4. The maximum atomic E-state index is 12.4. The lowest BCUT2D eigenvalue weighted by atomic mass is 10.2. The fourth-order valence-corrected chi connectivity index (χ4v) is 2.10. The molecule has 0 aromatic heterocycles. The largest absolute Gasteiger partial charge is 0.497 e. The van der Waals surface area contributed by atoms with Crippen LogP contribution in [0.4, 0.5) is 5.69 Å². The van der Waals surface area contributed by atoms with E-state index in [1.54, 1.807) is 51.5 Å². The van der Waals surface area contributed by atoms with Gasteiger partial charge in [0.1, 0.15) is 11.5 Å². The zero-order valence-electron chi connectivity index (χ0n) is 14.2. The molecule has 1 atom stereocenters. The van der Waals surface area contributed by atoms with Crippen LogP contribution in [0.1, 0.15) is 6.92 Å². The van der Waals surface area contributed by atoms with Gasteiger partial charge in [-0.2, -0.15) is 0 Å². The predicted molar refractivity (Wildman–Crippen MR) is 91.3 cm³/mol. The summed E-state index contributed by atoms with van der Waals surface area (Å²) in [5.41, 5.74) is 0.541. The van der Waals surface area contributed by atoms with Gasteiger partial charge in [0.25, 0.3) is 5.91 Å². The van der Waals surface area contributed by atoms with Gasteiger partial charge in [-0.3, -0.25) is 4.79 Å². The second-order valence-electron chi connectivity index (χ2n) is 4.97. The van der Waals surface area contributed by atoms with Crippen LogP contribution in [-0.4, -0.2) is 33.3 Å². The molecule has 0 saturated heterocycles. The van der Waals surface area contributed by atoms with Crippen LogP contribution in [-0.2, 0) is 4.79 Å². The molecule has 0 aliphatic heterocycles. The van der Waals surface area contributed by atoms with Gasteiger partial charge in [-0.25, -0.2) is 0 Å². The SMILES string of the molecule is COc1ccc(NC(=O)[C@@H](C)Oc2ccccc2OC)c(OC)c1. The second-order valence-corrected chi connectivity index (χ2v) is 4.97. The van der Waals surface area contributed by atoms with Crippen LogP contribution in [0.3, 0.4) is 0 Å².